The predicted octanol–water partition coefficient (Wildman–Crippen LogP) is 3.53. The zero-order chi connectivity index (χ0) is 18.8. The Kier molecular flexibility index (Phi) is 5.09. The van der Waals surface area contributed by atoms with Crippen molar-refractivity contribution in [3.63, 3.8) is 0 Å². The van der Waals surface area contributed by atoms with Crippen molar-refractivity contribution >= 4 is 52.0 Å². The Morgan fingerprint density at radius 2 is 1.63 bits per heavy atom. The molecule has 0 saturated carbocycles. The number of rotatable bonds is 4. The van der Waals surface area contributed by atoms with Gasteiger partial charge in [0.1, 0.15) is 6.54 Å². The summed E-state index contributed by atoms with van der Waals surface area (Å²) in [5, 5.41) is -0.130. The average molecular weight is 400 g/mol. The molecule has 0 N–H and O–H groups in total. The van der Waals surface area contributed by atoms with Crippen molar-refractivity contribution in [1.29, 1.82) is 0 Å². The van der Waals surface area contributed by atoms with Crippen LogP contribution in [-0.4, -0.2) is 47.5 Å². The van der Waals surface area contributed by atoms with Crippen molar-refractivity contribution < 1.29 is 19.1 Å². The van der Waals surface area contributed by atoms with E-state index in [1.807, 2.05) is 48.5 Å². The highest BCUT2D eigenvalue weighted by Crippen LogP contribution is 2.47. The molecule has 0 aliphatic carbocycles. The molecular weight excluding hydrogens is 384 g/mol. The van der Waals surface area contributed by atoms with Crippen molar-refractivity contribution in [2.45, 2.75) is 9.79 Å². The van der Waals surface area contributed by atoms with Crippen LogP contribution in [0.2, 0.25) is 0 Å². The number of esters is 1. The Hall–Kier alpha value is -2.45. The second kappa shape index (κ2) is 7.66. The van der Waals surface area contributed by atoms with E-state index in [9.17, 15) is 14.4 Å². The smallest absolute Gasteiger partial charge is 0.326 e. The number of para-hydroxylation sites is 2. The van der Waals surface area contributed by atoms with Crippen LogP contribution in [0.5, 0.6) is 0 Å². The van der Waals surface area contributed by atoms with E-state index in [-0.39, 0.29) is 24.3 Å². The van der Waals surface area contributed by atoms with Gasteiger partial charge >= 0.3 is 5.97 Å². The first kappa shape index (κ1) is 17.9. The SMILES string of the molecule is O=C(CN1CCSC1=O)OCC(=O)N1c2ccccc2Sc2ccccc21. The fraction of sp³-hybridized carbons (Fsp3) is 0.211. The number of carbonyl (C=O) groups excluding carboxylic acids is 3. The highest BCUT2D eigenvalue weighted by molar-refractivity contribution is 8.13. The summed E-state index contributed by atoms with van der Waals surface area (Å²) in [6.07, 6.45) is 0. The molecule has 0 unspecified atom stereocenters. The normalized spacial score (nSPS) is 15.3. The molecule has 0 atom stereocenters. The van der Waals surface area contributed by atoms with E-state index in [1.54, 1.807) is 16.7 Å². The molecule has 2 aromatic carbocycles. The van der Waals surface area contributed by atoms with Crippen LogP contribution >= 0.6 is 23.5 Å². The van der Waals surface area contributed by atoms with Gasteiger partial charge in [-0.15, -0.1) is 0 Å². The Morgan fingerprint density at radius 3 is 2.22 bits per heavy atom. The van der Waals surface area contributed by atoms with E-state index >= 15 is 0 Å². The lowest BCUT2D eigenvalue weighted by molar-refractivity contribution is -0.148. The molecule has 138 valence electrons. The summed E-state index contributed by atoms with van der Waals surface area (Å²) in [6, 6.07) is 15.3. The first-order chi connectivity index (χ1) is 13.1. The molecule has 2 aliphatic rings. The van der Waals surface area contributed by atoms with Crippen LogP contribution in [0.4, 0.5) is 16.2 Å². The second-order valence-electron chi connectivity index (χ2n) is 5.96. The minimum absolute atomic E-state index is 0.123. The van der Waals surface area contributed by atoms with Gasteiger partial charge in [0.15, 0.2) is 6.61 Å². The summed E-state index contributed by atoms with van der Waals surface area (Å²) in [7, 11) is 0. The molecule has 2 amide bonds. The first-order valence-electron chi connectivity index (χ1n) is 8.39. The molecule has 27 heavy (non-hydrogen) atoms. The Morgan fingerprint density at radius 1 is 1.00 bits per heavy atom. The van der Waals surface area contributed by atoms with E-state index < -0.39 is 5.97 Å². The number of nitrogens with zero attached hydrogens (tertiary/aromatic N) is 2. The first-order valence-corrected chi connectivity index (χ1v) is 10.2. The third-order valence-corrected chi connectivity index (χ3v) is 6.23. The predicted molar refractivity (Wildman–Crippen MR) is 105 cm³/mol. The van der Waals surface area contributed by atoms with E-state index in [4.69, 9.17) is 4.74 Å². The minimum atomic E-state index is -0.577. The number of fused-ring (bicyclic) bond motifs is 2. The molecule has 6 nitrogen and oxygen atoms in total. The molecule has 0 spiro atoms. The van der Waals surface area contributed by atoms with Gasteiger partial charge in [-0.05, 0) is 24.3 Å². The molecule has 8 heteroatoms. The molecule has 2 heterocycles. The number of carbonyl (C=O) groups is 3. The van der Waals surface area contributed by atoms with Crippen LogP contribution in [0.25, 0.3) is 0 Å². The minimum Gasteiger partial charge on any atom is -0.454 e. The third kappa shape index (κ3) is 3.68. The van der Waals surface area contributed by atoms with Crippen molar-refractivity contribution in [3.05, 3.63) is 48.5 Å². The molecule has 2 aliphatic heterocycles. The van der Waals surface area contributed by atoms with Crippen LogP contribution in [0.3, 0.4) is 0 Å². The van der Waals surface area contributed by atoms with Crippen LogP contribution in [0, 0.1) is 0 Å². The van der Waals surface area contributed by atoms with Crippen LogP contribution in [0.15, 0.2) is 58.3 Å². The van der Waals surface area contributed by atoms with Crippen LogP contribution in [0.1, 0.15) is 0 Å². The molecule has 1 saturated heterocycles. The van der Waals surface area contributed by atoms with E-state index in [1.165, 1.54) is 16.7 Å². The molecule has 0 radical (unpaired) electrons. The summed E-state index contributed by atoms with van der Waals surface area (Å²) in [5.74, 6) is -0.234. The fourth-order valence-corrected chi connectivity index (χ4v) is 4.83. The van der Waals surface area contributed by atoms with Crippen LogP contribution < -0.4 is 4.90 Å². The van der Waals surface area contributed by atoms with E-state index in [0.29, 0.717) is 12.3 Å². The number of thioether (sulfide) groups is 1. The second-order valence-corrected chi connectivity index (χ2v) is 8.09. The Labute approximate surface area is 164 Å². The van der Waals surface area contributed by atoms with E-state index in [0.717, 1.165) is 21.2 Å². The highest BCUT2D eigenvalue weighted by Gasteiger charge is 2.29. The van der Waals surface area contributed by atoms with Gasteiger partial charge < -0.3 is 9.64 Å². The van der Waals surface area contributed by atoms with Crippen LogP contribution in [-0.2, 0) is 14.3 Å². The standard InChI is InChI=1S/C19H16N2O4S2/c22-17(12-25-18(23)11-20-9-10-26-19(20)24)21-13-5-1-3-7-15(13)27-16-8-4-2-6-14(16)21/h1-8H,9-12H2. The molecule has 2 aromatic rings. The largest absolute Gasteiger partial charge is 0.454 e. The van der Waals surface area contributed by atoms with Crippen molar-refractivity contribution in [2.24, 2.45) is 0 Å². The van der Waals surface area contributed by atoms with Gasteiger partial charge in [0.2, 0.25) is 0 Å². The zero-order valence-corrected chi connectivity index (χ0v) is 15.9. The lowest BCUT2D eigenvalue weighted by Gasteiger charge is -2.30. The fourth-order valence-electron chi connectivity index (χ4n) is 2.95. The molecule has 1 fully saturated rings. The van der Waals surface area contributed by atoms with Crippen molar-refractivity contribution in [3.8, 4) is 0 Å². The van der Waals surface area contributed by atoms with Gasteiger partial charge in [-0.1, -0.05) is 47.8 Å². The average Bonchev–Trinajstić information content (AvgIpc) is 3.08. The number of benzene rings is 2. The Balaban J connectivity index is 1.48. The lowest BCUT2D eigenvalue weighted by atomic mass is 10.2. The summed E-state index contributed by atoms with van der Waals surface area (Å²) in [4.78, 5) is 41.4. The maximum Gasteiger partial charge on any atom is 0.326 e. The molecule has 0 bridgehead atoms. The topological polar surface area (TPSA) is 66.9 Å². The summed E-state index contributed by atoms with van der Waals surface area (Å²) in [6.45, 7) is 0.0279. The molecule has 4 rings (SSSR count). The maximum absolute atomic E-state index is 12.9. The van der Waals surface area contributed by atoms with Gasteiger partial charge in [0, 0.05) is 22.1 Å². The number of ether oxygens (including phenoxy) is 1. The monoisotopic (exact) mass is 400 g/mol. The zero-order valence-electron chi connectivity index (χ0n) is 14.3. The number of hydrogen-bond donors (Lipinski definition) is 0. The molecule has 0 aromatic heterocycles. The van der Waals surface area contributed by atoms with Crippen molar-refractivity contribution in [2.75, 3.05) is 30.3 Å². The van der Waals surface area contributed by atoms with E-state index in [2.05, 4.69) is 0 Å². The number of hydrogen-bond acceptors (Lipinski definition) is 6. The maximum atomic E-state index is 12.9. The quantitative estimate of drug-likeness (QED) is 0.732. The summed E-state index contributed by atoms with van der Waals surface area (Å²) < 4.78 is 5.16. The van der Waals surface area contributed by atoms with Gasteiger partial charge in [-0.2, -0.15) is 0 Å². The summed E-state index contributed by atoms with van der Waals surface area (Å²) in [5.41, 5.74) is 1.54. The molecular formula is C19H16N2O4S2. The Bertz CT molecular complexity index is 873. The number of anilines is 2. The van der Waals surface area contributed by atoms with Crippen molar-refractivity contribution in [1.82, 2.24) is 4.90 Å². The summed E-state index contributed by atoms with van der Waals surface area (Å²) >= 11 is 2.78. The van der Waals surface area contributed by atoms with Gasteiger partial charge in [-0.25, -0.2) is 0 Å². The van der Waals surface area contributed by atoms with Gasteiger partial charge in [-0.3, -0.25) is 19.3 Å². The number of amides is 2. The highest BCUT2D eigenvalue weighted by atomic mass is 32.2. The van der Waals surface area contributed by atoms with Gasteiger partial charge in [0.05, 0.1) is 11.4 Å². The third-order valence-electron chi connectivity index (χ3n) is 4.20. The van der Waals surface area contributed by atoms with Gasteiger partial charge in [0.25, 0.3) is 11.1 Å². The lowest BCUT2D eigenvalue weighted by Crippen LogP contribution is -2.35.